The van der Waals surface area contributed by atoms with E-state index >= 15 is 0 Å². The molecule has 6 nitrogen and oxygen atoms in total. The maximum absolute atomic E-state index is 9.51. The maximum atomic E-state index is 9.51. The van der Waals surface area contributed by atoms with Crippen molar-refractivity contribution in [2.45, 2.75) is 12.5 Å². The number of fused-ring (bicyclic) bond motifs is 1. The minimum atomic E-state index is -0.150. The quantitative estimate of drug-likeness (QED) is 0.533. The van der Waals surface area contributed by atoms with Crippen LogP contribution in [0, 0.1) is 0 Å². The first kappa shape index (κ1) is 15.1. The van der Waals surface area contributed by atoms with E-state index in [1.807, 2.05) is 30.3 Å². The van der Waals surface area contributed by atoms with Gasteiger partial charge in [0.2, 0.25) is 0 Å². The van der Waals surface area contributed by atoms with Crippen LogP contribution in [0.15, 0.2) is 52.6 Å². The van der Waals surface area contributed by atoms with Crippen LogP contribution < -0.4 is 4.74 Å². The minimum Gasteiger partial charge on any atom is -0.497 e. The van der Waals surface area contributed by atoms with Crippen LogP contribution in [0.2, 0.25) is 0 Å². The fourth-order valence-electron chi connectivity index (χ4n) is 2.71. The zero-order valence-corrected chi connectivity index (χ0v) is 12.7. The van der Waals surface area contributed by atoms with Gasteiger partial charge in [-0.25, -0.2) is 0 Å². The number of aliphatic hydroxyl groups is 1. The number of rotatable bonds is 4. The lowest BCUT2D eigenvalue weighted by molar-refractivity contribution is 0.265. The van der Waals surface area contributed by atoms with Gasteiger partial charge in [-0.15, -0.1) is 0 Å². The first-order valence-electron chi connectivity index (χ1n) is 7.26. The lowest BCUT2D eigenvalue weighted by Gasteiger charge is -2.23. The van der Waals surface area contributed by atoms with Crippen molar-refractivity contribution in [2.24, 2.45) is 10.1 Å². The van der Waals surface area contributed by atoms with Gasteiger partial charge in [0, 0.05) is 21.7 Å². The lowest BCUT2D eigenvalue weighted by atomic mass is 9.90. The second-order valence-electron chi connectivity index (χ2n) is 5.28. The van der Waals surface area contributed by atoms with Crippen molar-refractivity contribution >= 4 is 11.4 Å². The Morgan fingerprint density at radius 3 is 2.74 bits per heavy atom. The molecule has 0 bridgehead atoms. The predicted molar refractivity (Wildman–Crippen MR) is 88.5 cm³/mol. The number of hydrogen-bond acceptors (Lipinski definition) is 4. The largest absolute Gasteiger partial charge is 0.497 e. The summed E-state index contributed by atoms with van der Waals surface area (Å²) < 4.78 is 5.31. The van der Waals surface area contributed by atoms with Crippen LogP contribution in [-0.4, -0.2) is 30.6 Å². The minimum absolute atomic E-state index is 0.00573. The second kappa shape index (κ2) is 6.52. The number of methoxy groups -OCH3 is 1. The van der Waals surface area contributed by atoms with E-state index in [9.17, 15) is 5.11 Å². The summed E-state index contributed by atoms with van der Waals surface area (Å²) in [5, 5.41) is 13.1. The third-order valence-electron chi connectivity index (χ3n) is 3.85. The number of nitrogens with zero attached hydrogens (tertiary/aromatic N) is 4. The highest BCUT2D eigenvalue weighted by atomic mass is 16.5. The van der Waals surface area contributed by atoms with Crippen molar-refractivity contribution in [3.63, 3.8) is 0 Å². The highest BCUT2D eigenvalue weighted by Crippen LogP contribution is 2.28. The van der Waals surface area contributed by atoms with E-state index in [2.05, 4.69) is 15.0 Å². The van der Waals surface area contributed by atoms with E-state index in [0.29, 0.717) is 12.1 Å². The first-order chi connectivity index (χ1) is 11.2. The molecule has 116 valence electrons. The molecule has 1 N–H and O–H groups in total. The van der Waals surface area contributed by atoms with Gasteiger partial charge >= 0.3 is 0 Å². The summed E-state index contributed by atoms with van der Waals surface area (Å²) in [5.41, 5.74) is 12.9. The van der Waals surface area contributed by atoms with E-state index < -0.39 is 0 Å². The van der Waals surface area contributed by atoms with Crippen LogP contribution >= 0.6 is 0 Å². The van der Waals surface area contributed by atoms with Gasteiger partial charge in [0.15, 0.2) is 0 Å². The molecule has 1 aliphatic rings. The first-order valence-corrected chi connectivity index (χ1v) is 7.26. The van der Waals surface area contributed by atoms with E-state index in [1.54, 1.807) is 19.2 Å². The van der Waals surface area contributed by atoms with Gasteiger partial charge in [0.1, 0.15) is 5.75 Å². The number of azide groups is 1. The standard InChI is InChI=1S/C17H16N4O2/c1-23-15-7-4-12-8-14(10-22)19-17(16(12)9-15)11-2-5-13(6-3-11)20-21-18/h2-7,9,14,22H,8,10H2,1H3/t14-/m0/s1. The van der Waals surface area contributed by atoms with E-state index in [4.69, 9.17) is 10.3 Å². The molecule has 0 saturated heterocycles. The molecule has 3 rings (SSSR count). The summed E-state index contributed by atoms with van der Waals surface area (Å²) >= 11 is 0. The zero-order chi connectivity index (χ0) is 16.2. The molecule has 0 amide bonds. The van der Waals surface area contributed by atoms with Crippen LogP contribution in [0.5, 0.6) is 5.75 Å². The summed E-state index contributed by atoms with van der Waals surface area (Å²) in [6.45, 7) is 0.00573. The highest BCUT2D eigenvalue weighted by Gasteiger charge is 2.22. The monoisotopic (exact) mass is 308 g/mol. The fourth-order valence-corrected chi connectivity index (χ4v) is 2.71. The SMILES string of the molecule is COc1ccc2c(c1)C(c1ccc(N=[N+]=[N-])cc1)=N[C@H](CO)C2. The Hall–Kier alpha value is -2.82. The van der Waals surface area contributed by atoms with E-state index in [0.717, 1.165) is 28.2 Å². The van der Waals surface area contributed by atoms with Crippen molar-refractivity contribution < 1.29 is 9.84 Å². The lowest BCUT2D eigenvalue weighted by Crippen LogP contribution is -2.24. The Balaban J connectivity index is 2.08. The molecule has 2 aromatic carbocycles. The summed E-state index contributed by atoms with van der Waals surface area (Å²) in [4.78, 5) is 7.45. The van der Waals surface area contributed by atoms with Gasteiger partial charge in [0.05, 0.1) is 25.5 Å². The van der Waals surface area contributed by atoms with Crippen LogP contribution in [0.1, 0.15) is 16.7 Å². The number of aliphatic imine (C=N–C) groups is 1. The van der Waals surface area contributed by atoms with Crippen LogP contribution in [-0.2, 0) is 6.42 Å². The predicted octanol–water partition coefficient (Wildman–Crippen LogP) is 3.39. The molecule has 0 fully saturated rings. The van der Waals surface area contributed by atoms with Crippen molar-refractivity contribution in [3.05, 3.63) is 69.6 Å². The Kier molecular flexibility index (Phi) is 4.28. The van der Waals surface area contributed by atoms with Gasteiger partial charge < -0.3 is 9.84 Å². The molecule has 0 spiro atoms. The number of benzene rings is 2. The van der Waals surface area contributed by atoms with E-state index in [-0.39, 0.29) is 12.6 Å². The Morgan fingerprint density at radius 1 is 1.30 bits per heavy atom. The van der Waals surface area contributed by atoms with Crippen LogP contribution in [0.25, 0.3) is 10.4 Å². The molecule has 2 aromatic rings. The van der Waals surface area contributed by atoms with Gasteiger partial charge in [-0.2, -0.15) is 0 Å². The molecular formula is C17H16N4O2. The molecule has 0 saturated carbocycles. The highest BCUT2D eigenvalue weighted by molar-refractivity contribution is 6.14. The Labute approximate surface area is 133 Å². The third-order valence-corrected chi connectivity index (χ3v) is 3.85. The molecule has 23 heavy (non-hydrogen) atoms. The summed E-state index contributed by atoms with van der Waals surface area (Å²) in [5.74, 6) is 0.768. The van der Waals surface area contributed by atoms with Crippen LogP contribution in [0.3, 0.4) is 0 Å². The van der Waals surface area contributed by atoms with Crippen molar-refractivity contribution in [1.29, 1.82) is 0 Å². The molecule has 1 aliphatic heterocycles. The maximum Gasteiger partial charge on any atom is 0.119 e. The number of ether oxygens (including phenoxy) is 1. The third kappa shape index (κ3) is 3.04. The number of hydrogen-bond donors (Lipinski definition) is 1. The van der Waals surface area contributed by atoms with Crippen molar-refractivity contribution in [3.8, 4) is 5.75 Å². The molecule has 1 atom stereocenters. The van der Waals surface area contributed by atoms with Crippen molar-refractivity contribution in [2.75, 3.05) is 13.7 Å². The van der Waals surface area contributed by atoms with Gasteiger partial charge in [-0.3, -0.25) is 4.99 Å². The van der Waals surface area contributed by atoms with Gasteiger partial charge in [-0.1, -0.05) is 35.4 Å². The smallest absolute Gasteiger partial charge is 0.119 e. The Morgan fingerprint density at radius 2 is 2.09 bits per heavy atom. The zero-order valence-electron chi connectivity index (χ0n) is 12.7. The Bertz CT molecular complexity index is 793. The van der Waals surface area contributed by atoms with Crippen molar-refractivity contribution in [1.82, 2.24) is 0 Å². The van der Waals surface area contributed by atoms with Gasteiger partial charge in [0.25, 0.3) is 0 Å². The molecule has 0 unspecified atom stereocenters. The molecule has 0 aromatic heterocycles. The summed E-state index contributed by atoms with van der Waals surface area (Å²) in [6, 6.07) is 13.0. The second-order valence-corrected chi connectivity index (χ2v) is 5.28. The van der Waals surface area contributed by atoms with Crippen LogP contribution in [0.4, 0.5) is 5.69 Å². The van der Waals surface area contributed by atoms with E-state index in [1.165, 1.54) is 0 Å². The molecule has 6 heteroatoms. The normalized spacial score (nSPS) is 16.1. The molecule has 0 radical (unpaired) electrons. The van der Waals surface area contributed by atoms with Gasteiger partial charge in [-0.05, 0) is 29.6 Å². The fraction of sp³-hybridized carbons (Fsp3) is 0.235. The average molecular weight is 308 g/mol. The number of aliphatic hydroxyl groups excluding tert-OH is 1. The molecule has 0 aliphatic carbocycles. The topological polar surface area (TPSA) is 90.6 Å². The molecule has 1 heterocycles. The summed E-state index contributed by atoms with van der Waals surface area (Å²) in [6.07, 6.45) is 0.705. The summed E-state index contributed by atoms with van der Waals surface area (Å²) in [7, 11) is 1.63. The average Bonchev–Trinajstić information content (AvgIpc) is 2.61. The molecular weight excluding hydrogens is 292 g/mol.